The van der Waals surface area contributed by atoms with Gasteiger partial charge in [-0.3, -0.25) is 19.4 Å². The number of amides is 2. The summed E-state index contributed by atoms with van der Waals surface area (Å²) in [4.78, 5) is 35.3. The third kappa shape index (κ3) is 3.80. The van der Waals surface area contributed by atoms with E-state index in [-0.39, 0.29) is 18.0 Å². The maximum atomic E-state index is 12.9. The van der Waals surface area contributed by atoms with Crippen LogP contribution in [0.5, 0.6) is 11.6 Å². The van der Waals surface area contributed by atoms with Gasteiger partial charge in [-0.2, -0.15) is 5.10 Å². The molecule has 0 fully saturated rings. The second-order valence-corrected chi connectivity index (χ2v) is 9.09. The molecule has 5 heterocycles. The van der Waals surface area contributed by atoms with Crippen LogP contribution >= 0.6 is 0 Å². The number of fused-ring (bicyclic) bond motifs is 3. The summed E-state index contributed by atoms with van der Waals surface area (Å²) in [6.45, 7) is 4.92. The van der Waals surface area contributed by atoms with Crippen molar-refractivity contribution in [2.75, 3.05) is 5.32 Å². The Labute approximate surface area is 201 Å². The minimum Gasteiger partial charge on any atom is -0.439 e. The van der Waals surface area contributed by atoms with E-state index < -0.39 is 0 Å². The number of carbonyl (C=O) groups excluding carboxylic acids is 2. The van der Waals surface area contributed by atoms with E-state index in [4.69, 9.17) is 4.74 Å². The smallest absolute Gasteiger partial charge is 0.331 e. The Morgan fingerprint density at radius 1 is 1.17 bits per heavy atom. The van der Waals surface area contributed by atoms with Crippen molar-refractivity contribution in [3.63, 3.8) is 0 Å². The van der Waals surface area contributed by atoms with Gasteiger partial charge in [0.25, 0.3) is 0 Å². The van der Waals surface area contributed by atoms with Gasteiger partial charge in [0.15, 0.2) is 5.82 Å². The van der Waals surface area contributed by atoms with E-state index >= 15 is 0 Å². The largest absolute Gasteiger partial charge is 0.439 e. The summed E-state index contributed by atoms with van der Waals surface area (Å²) in [5.41, 5.74) is 3.63. The van der Waals surface area contributed by atoms with Crippen LogP contribution in [-0.2, 0) is 30.7 Å². The number of anilines is 1. The molecule has 1 aromatic carbocycles. The van der Waals surface area contributed by atoms with E-state index in [9.17, 15) is 9.59 Å². The molecule has 2 aliphatic rings. The third-order valence-corrected chi connectivity index (χ3v) is 6.75. The third-order valence-electron chi connectivity index (χ3n) is 6.75. The Hall–Kier alpha value is -4.21. The topological polar surface area (TPSA) is 107 Å². The number of carbonyl (C=O) groups is 2. The average molecular weight is 472 g/mol. The Morgan fingerprint density at radius 2 is 2.06 bits per heavy atom. The molecule has 10 nitrogen and oxygen atoms in total. The van der Waals surface area contributed by atoms with Crippen molar-refractivity contribution in [2.24, 2.45) is 0 Å². The van der Waals surface area contributed by atoms with Gasteiger partial charge >= 0.3 is 6.03 Å². The lowest BCUT2D eigenvalue weighted by atomic mass is 9.99. The summed E-state index contributed by atoms with van der Waals surface area (Å²) in [5.74, 6) is 1.70. The zero-order valence-corrected chi connectivity index (χ0v) is 19.6. The predicted molar refractivity (Wildman–Crippen MR) is 128 cm³/mol. The summed E-state index contributed by atoms with van der Waals surface area (Å²) in [6.07, 6.45) is 5.91. The van der Waals surface area contributed by atoms with Crippen molar-refractivity contribution >= 4 is 28.7 Å². The van der Waals surface area contributed by atoms with Crippen LogP contribution in [0.15, 0.2) is 42.9 Å². The Balaban J connectivity index is 1.22. The van der Waals surface area contributed by atoms with Crippen molar-refractivity contribution in [1.29, 1.82) is 0 Å². The molecule has 3 aromatic heterocycles. The normalized spacial score (nSPS) is 16.7. The highest BCUT2D eigenvalue weighted by Crippen LogP contribution is 2.32. The van der Waals surface area contributed by atoms with Gasteiger partial charge in [-0.25, -0.2) is 14.8 Å². The van der Waals surface area contributed by atoms with Crippen LogP contribution in [0.4, 0.5) is 10.6 Å². The molecule has 1 unspecified atom stereocenters. The van der Waals surface area contributed by atoms with Gasteiger partial charge in [-0.05, 0) is 50.5 Å². The molecule has 0 spiro atoms. The molecule has 1 atom stereocenters. The van der Waals surface area contributed by atoms with E-state index in [2.05, 4.69) is 20.4 Å². The highest BCUT2D eigenvalue weighted by molar-refractivity contribution is 5.98. The van der Waals surface area contributed by atoms with Crippen molar-refractivity contribution in [3.8, 4) is 11.6 Å². The predicted octanol–water partition coefficient (Wildman–Crippen LogP) is 3.74. The molecule has 2 aliphatic heterocycles. The molecule has 1 N–H and O–H groups in total. The van der Waals surface area contributed by atoms with Crippen LogP contribution in [0.3, 0.4) is 0 Å². The van der Waals surface area contributed by atoms with E-state index in [1.807, 2.05) is 41.9 Å². The standard InChI is InChI=1S/C25H25N7O3/c1-15-10-20-21(13-31(15)16(2)33)26-14-27-24(20)35-19-5-6-22-17(11-19)7-9-30(22)25(34)28-23-12-18-4-3-8-32(18)29-23/h5-7,9,11-12,14-15H,3-4,8,10,13H2,1-2H3,(H,28,29,34). The first-order chi connectivity index (χ1) is 17.0. The molecule has 178 valence electrons. The average Bonchev–Trinajstić information content (AvgIpc) is 3.53. The fourth-order valence-electron chi connectivity index (χ4n) is 4.97. The highest BCUT2D eigenvalue weighted by atomic mass is 16.5. The quantitative estimate of drug-likeness (QED) is 0.488. The minimum absolute atomic E-state index is 0.0280. The zero-order chi connectivity index (χ0) is 24.1. The number of aromatic nitrogens is 5. The molecule has 35 heavy (non-hydrogen) atoms. The second kappa shape index (κ2) is 8.23. The first kappa shape index (κ1) is 21.3. The number of ether oxygens (including phenoxy) is 1. The van der Waals surface area contributed by atoms with Gasteiger partial charge in [0.2, 0.25) is 11.8 Å². The molecule has 4 aromatic rings. The van der Waals surface area contributed by atoms with Gasteiger partial charge < -0.3 is 9.64 Å². The molecule has 0 saturated carbocycles. The van der Waals surface area contributed by atoms with E-state index in [1.165, 1.54) is 6.33 Å². The highest BCUT2D eigenvalue weighted by Gasteiger charge is 2.28. The van der Waals surface area contributed by atoms with E-state index in [0.29, 0.717) is 30.4 Å². The Morgan fingerprint density at radius 3 is 2.89 bits per heavy atom. The summed E-state index contributed by atoms with van der Waals surface area (Å²) in [7, 11) is 0. The minimum atomic E-state index is -0.265. The number of nitrogens with one attached hydrogen (secondary N) is 1. The summed E-state index contributed by atoms with van der Waals surface area (Å²) in [5, 5.41) is 8.20. The van der Waals surface area contributed by atoms with Gasteiger partial charge in [0.05, 0.1) is 17.8 Å². The fraction of sp³-hybridized carbons (Fsp3) is 0.320. The Bertz CT molecular complexity index is 1450. The molecule has 0 aliphatic carbocycles. The molecular formula is C25H25N7O3. The number of aryl methyl sites for hydroxylation is 2. The molecule has 0 saturated heterocycles. The van der Waals surface area contributed by atoms with Crippen LogP contribution in [0.2, 0.25) is 0 Å². The maximum absolute atomic E-state index is 12.9. The van der Waals surface area contributed by atoms with Gasteiger partial charge in [-0.15, -0.1) is 0 Å². The van der Waals surface area contributed by atoms with Crippen LogP contribution in [-0.4, -0.2) is 47.2 Å². The molecule has 2 amide bonds. The monoisotopic (exact) mass is 471 g/mol. The lowest BCUT2D eigenvalue weighted by Gasteiger charge is -2.33. The van der Waals surface area contributed by atoms with E-state index in [0.717, 1.165) is 47.2 Å². The first-order valence-electron chi connectivity index (χ1n) is 11.7. The van der Waals surface area contributed by atoms with Gasteiger partial charge in [0.1, 0.15) is 12.1 Å². The fourth-order valence-corrected chi connectivity index (χ4v) is 4.97. The van der Waals surface area contributed by atoms with E-state index in [1.54, 1.807) is 22.6 Å². The van der Waals surface area contributed by atoms with Crippen LogP contribution in [0, 0.1) is 0 Å². The van der Waals surface area contributed by atoms with Crippen molar-refractivity contribution in [3.05, 3.63) is 59.8 Å². The number of rotatable bonds is 3. The first-order valence-corrected chi connectivity index (χ1v) is 11.7. The lowest BCUT2D eigenvalue weighted by Crippen LogP contribution is -2.41. The van der Waals surface area contributed by atoms with Crippen molar-refractivity contribution in [1.82, 2.24) is 29.2 Å². The molecule has 6 rings (SSSR count). The number of hydrogen-bond acceptors (Lipinski definition) is 6. The maximum Gasteiger partial charge on any atom is 0.331 e. The number of nitrogens with zero attached hydrogens (tertiary/aromatic N) is 6. The van der Waals surface area contributed by atoms with Crippen LogP contribution < -0.4 is 10.1 Å². The zero-order valence-electron chi connectivity index (χ0n) is 19.6. The summed E-state index contributed by atoms with van der Waals surface area (Å²) >= 11 is 0. The number of benzene rings is 1. The number of hydrogen-bond donors (Lipinski definition) is 1. The SMILES string of the molecule is CC(=O)N1Cc2ncnc(Oc3ccc4c(ccn4C(=O)Nc4cc5n(n4)CCC5)c3)c2CC1C. The van der Waals surface area contributed by atoms with Crippen LogP contribution in [0.25, 0.3) is 10.9 Å². The molecule has 0 bridgehead atoms. The van der Waals surface area contributed by atoms with Crippen molar-refractivity contribution < 1.29 is 14.3 Å². The molecule has 0 radical (unpaired) electrons. The summed E-state index contributed by atoms with van der Waals surface area (Å²) < 4.78 is 9.66. The molecule has 10 heteroatoms. The van der Waals surface area contributed by atoms with Gasteiger partial charge in [-0.1, -0.05) is 0 Å². The summed E-state index contributed by atoms with van der Waals surface area (Å²) in [6, 6.07) is 9.13. The second-order valence-electron chi connectivity index (χ2n) is 9.09. The lowest BCUT2D eigenvalue weighted by molar-refractivity contribution is -0.132. The molecular weight excluding hydrogens is 446 g/mol. The van der Waals surface area contributed by atoms with Gasteiger partial charge in [0, 0.05) is 48.4 Å². The Kier molecular flexibility index (Phi) is 5.01. The van der Waals surface area contributed by atoms with Crippen molar-refractivity contribution in [2.45, 2.75) is 52.2 Å². The van der Waals surface area contributed by atoms with Crippen LogP contribution in [0.1, 0.15) is 37.2 Å².